The zero-order valence-electron chi connectivity index (χ0n) is 11.3. The second-order valence-electron chi connectivity index (χ2n) is 4.84. The molecular formula is C16H20N+. The van der Waals surface area contributed by atoms with Gasteiger partial charge in [0.15, 0.2) is 6.20 Å². The minimum atomic E-state index is 1.33. The summed E-state index contributed by atoms with van der Waals surface area (Å²) >= 11 is 0. The Morgan fingerprint density at radius 3 is 2.12 bits per heavy atom. The van der Waals surface area contributed by atoms with Crippen LogP contribution in [-0.4, -0.2) is 0 Å². The van der Waals surface area contributed by atoms with Crippen molar-refractivity contribution in [1.29, 1.82) is 0 Å². The topological polar surface area (TPSA) is 3.88 Å². The lowest BCUT2D eigenvalue weighted by Crippen LogP contribution is -2.33. The van der Waals surface area contributed by atoms with Crippen LogP contribution in [0, 0.1) is 27.7 Å². The third kappa shape index (κ3) is 1.97. The number of hydrogen-bond donors (Lipinski definition) is 0. The van der Waals surface area contributed by atoms with Crippen molar-refractivity contribution in [2.75, 3.05) is 0 Å². The van der Waals surface area contributed by atoms with Crippen LogP contribution in [-0.2, 0) is 7.05 Å². The number of aromatic nitrogens is 1. The quantitative estimate of drug-likeness (QED) is 0.656. The smallest absolute Gasteiger partial charge is 0.201 e. The van der Waals surface area contributed by atoms with Gasteiger partial charge in [0.1, 0.15) is 7.05 Å². The Morgan fingerprint density at radius 2 is 1.47 bits per heavy atom. The summed E-state index contributed by atoms with van der Waals surface area (Å²) in [6.45, 7) is 8.75. The lowest BCUT2D eigenvalue weighted by Gasteiger charge is -2.10. The van der Waals surface area contributed by atoms with Gasteiger partial charge in [-0.15, -0.1) is 0 Å². The molecule has 2 aromatic rings. The molecule has 0 aliphatic heterocycles. The van der Waals surface area contributed by atoms with E-state index in [4.69, 9.17) is 0 Å². The molecule has 1 nitrogen and oxygen atoms in total. The largest absolute Gasteiger partial charge is 0.215 e. The second-order valence-corrected chi connectivity index (χ2v) is 4.84. The second kappa shape index (κ2) is 4.33. The molecule has 0 unspecified atom stereocenters. The maximum absolute atomic E-state index is 2.24. The zero-order chi connectivity index (χ0) is 12.6. The van der Waals surface area contributed by atoms with Crippen molar-refractivity contribution in [1.82, 2.24) is 0 Å². The molecule has 0 saturated heterocycles. The van der Waals surface area contributed by atoms with Gasteiger partial charge in [0.2, 0.25) is 5.69 Å². The van der Waals surface area contributed by atoms with Gasteiger partial charge in [-0.25, -0.2) is 4.57 Å². The number of aryl methyl sites for hydroxylation is 3. The number of nitrogens with zero attached hydrogens (tertiary/aromatic N) is 1. The molecule has 1 heteroatoms. The Labute approximate surface area is 104 Å². The SMILES string of the molecule is Cc1ccccc1-c1c(C)c(C)c(C)c[n+]1C. The van der Waals surface area contributed by atoms with E-state index < -0.39 is 0 Å². The first-order valence-electron chi connectivity index (χ1n) is 6.05. The molecule has 0 amide bonds. The maximum Gasteiger partial charge on any atom is 0.215 e. The van der Waals surface area contributed by atoms with Crippen LogP contribution in [0.15, 0.2) is 30.5 Å². The fourth-order valence-electron chi connectivity index (χ4n) is 2.42. The molecule has 1 aromatic heterocycles. The van der Waals surface area contributed by atoms with Gasteiger partial charge in [0.05, 0.1) is 0 Å². The molecule has 0 fully saturated rings. The van der Waals surface area contributed by atoms with Gasteiger partial charge in [0.25, 0.3) is 0 Å². The van der Waals surface area contributed by atoms with Crippen LogP contribution in [0.25, 0.3) is 11.3 Å². The Bertz CT molecular complexity index is 568. The van der Waals surface area contributed by atoms with Gasteiger partial charge >= 0.3 is 0 Å². The summed E-state index contributed by atoms with van der Waals surface area (Å²) in [5.41, 5.74) is 8.10. The summed E-state index contributed by atoms with van der Waals surface area (Å²) in [7, 11) is 2.13. The van der Waals surface area contributed by atoms with Gasteiger partial charge in [-0.1, -0.05) is 18.2 Å². The molecule has 0 radical (unpaired) electrons. The van der Waals surface area contributed by atoms with Crippen LogP contribution in [0.5, 0.6) is 0 Å². The number of benzene rings is 1. The summed E-state index contributed by atoms with van der Waals surface area (Å²) < 4.78 is 2.24. The highest BCUT2D eigenvalue weighted by atomic mass is 14.9. The Kier molecular flexibility index (Phi) is 3.01. The highest BCUT2D eigenvalue weighted by Crippen LogP contribution is 2.25. The van der Waals surface area contributed by atoms with E-state index in [0.717, 1.165) is 0 Å². The Balaban J connectivity index is 2.77. The lowest BCUT2D eigenvalue weighted by molar-refractivity contribution is -0.661. The minimum Gasteiger partial charge on any atom is -0.201 e. The predicted molar refractivity (Wildman–Crippen MR) is 72.0 cm³/mol. The Morgan fingerprint density at radius 1 is 0.824 bits per heavy atom. The van der Waals surface area contributed by atoms with Crippen molar-refractivity contribution in [2.24, 2.45) is 7.05 Å². The average Bonchev–Trinajstić information content (AvgIpc) is 2.29. The molecule has 2 rings (SSSR count). The summed E-state index contributed by atoms with van der Waals surface area (Å²) in [5, 5.41) is 0. The standard InChI is InChI=1S/C16H20N/c1-11-8-6-7-9-15(11)16-14(4)13(3)12(2)10-17(16)5/h6-10H,1-5H3/q+1. The van der Waals surface area contributed by atoms with E-state index in [1.807, 2.05) is 0 Å². The minimum absolute atomic E-state index is 1.33. The maximum atomic E-state index is 2.24. The van der Waals surface area contributed by atoms with E-state index in [1.165, 1.54) is 33.5 Å². The molecule has 1 aromatic carbocycles. The van der Waals surface area contributed by atoms with Crippen LogP contribution >= 0.6 is 0 Å². The van der Waals surface area contributed by atoms with Crippen molar-refractivity contribution in [3.8, 4) is 11.3 Å². The van der Waals surface area contributed by atoms with Crippen LogP contribution in [0.4, 0.5) is 0 Å². The van der Waals surface area contributed by atoms with Gasteiger partial charge in [-0.3, -0.25) is 0 Å². The van der Waals surface area contributed by atoms with Crippen LogP contribution < -0.4 is 4.57 Å². The average molecular weight is 226 g/mol. The van der Waals surface area contributed by atoms with E-state index in [-0.39, 0.29) is 0 Å². The summed E-state index contributed by atoms with van der Waals surface area (Å²) in [5.74, 6) is 0. The summed E-state index contributed by atoms with van der Waals surface area (Å²) in [6, 6.07) is 8.57. The highest BCUT2D eigenvalue weighted by molar-refractivity contribution is 5.65. The first-order valence-corrected chi connectivity index (χ1v) is 6.05. The fraction of sp³-hybridized carbons (Fsp3) is 0.312. The molecule has 0 spiro atoms. The van der Waals surface area contributed by atoms with Gasteiger partial charge in [-0.2, -0.15) is 0 Å². The number of hydrogen-bond acceptors (Lipinski definition) is 0. The molecule has 0 atom stereocenters. The fourth-order valence-corrected chi connectivity index (χ4v) is 2.42. The zero-order valence-corrected chi connectivity index (χ0v) is 11.3. The lowest BCUT2D eigenvalue weighted by atomic mass is 9.97. The molecule has 88 valence electrons. The van der Waals surface area contributed by atoms with E-state index in [1.54, 1.807) is 0 Å². The number of pyridine rings is 1. The summed E-state index contributed by atoms with van der Waals surface area (Å²) in [6.07, 6.45) is 2.21. The van der Waals surface area contributed by atoms with Crippen molar-refractivity contribution < 1.29 is 4.57 Å². The van der Waals surface area contributed by atoms with Gasteiger partial charge in [-0.05, 0) is 44.9 Å². The first kappa shape index (κ1) is 11.8. The van der Waals surface area contributed by atoms with Crippen molar-refractivity contribution in [2.45, 2.75) is 27.7 Å². The highest BCUT2D eigenvalue weighted by Gasteiger charge is 2.18. The molecule has 0 aliphatic carbocycles. The van der Waals surface area contributed by atoms with Crippen molar-refractivity contribution >= 4 is 0 Å². The van der Waals surface area contributed by atoms with E-state index in [9.17, 15) is 0 Å². The van der Waals surface area contributed by atoms with Crippen LogP contribution in [0.2, 0.25) is 0 Å². The van der Waals surface area contributed by atoms with E-state index in [0.29, 0.717) is 0 Å². The predicted octanol–water partition coefficient (Wildman–Crippen LogP) is 3.41. The molecule has 17 heavy (non-hydrogen) atoms. The molecule has 0 saturated carbocycles. The molecular weight excluding hydrogens is 206 g/mol. The normalized spacial score (nSPS) is 10.6. The Hall–Kier alpha value is -1.63. The molecule has 0 N–H and O–H groups in total. The van der Waals surface area contributed by atoms with Crippen molar-refractivity contribution in [3.05, 3.63) is 52.7 Å². The monoisotopic (exact) mass is 226 g/mol. The third-order valence-corrected chi connectivity index (χ3v) is 3.65. The van der Waals surface area contributed by atoms with Gasteiger partial charge < -0.3 is 0 Å². The number of rotatable bonds is 1. The molecule has 0 aliphatic rings. The molecule has 0 bridgehead atoms. The third-order valence-electron chi connectivity index (χ3n) is 3.65. The first-order chi connectivity index (χ1) is 8.02. The van der Waals surface area contributed by atoms with Crippen molar-refractivity contribution in [3.63, 3.8) is 0 Å². The van der Waals surface area contributed by atoms with E-state index in [2.05, 4.69) is 69.8 Å². The van der Waals surface area contributed by atoms with Crippen LogP contribution in [0.1, 0.15) is 22.3 Å². The van der Waals surface area contributed by atoms with E-state index >= 15 is 0 Å². The summed E-state index contributed by atoms with van der Waals surface area (Å²) in [4.78, 5) is 0. The van der Waals surface area contributed by atoms with Crippen LogP contribution in [0.3, 0.4) is 0 Å². The van der Waals surface area contributed by atoms with Gasteiger partial charge in [0, 0.05) is 16.7 Å². The molecule has 1 heterocycles.